The van der Waals surface area contributed by atoms with Crippen molar-refractivity contribution in [1.29, 1.82) is 0 Å². The van der Waals surface area contributed by atoms with Crippen molar-refractivity contribution in [3.8, 4) is 0 Å². The maximum absolute atomic E-state index is 10.8. The van der Waals surface area contributed by atoms with E-state index in [9.17, 15) is 4.79 Å². The second-order valence-electron chi connectivity index (χ2n) is 3.63. The zero-order valence-electron chi connectivity index (χ0n) is 8.59. The molecule has 8 heteroatoms. The highest BCUT2D eigenvalue weighted by Crippen LogP contribution is 2.13. The second-order valence-corrected chi connectivity index (χ2v) is 3.63. The van der Waals surface area contributed by atoms with Crippen molar-refractivity contribution >= 4 is 5.97 Å². The Morgan fingerprint density at radius 1 is 1.62 bits per heavy atom. The highest BCUT2D eigenvalue weighted by atomic mass is 16.5. The van der Waals surface area contributed by atoms with Crippen molar-refractivity contribution in [2.45, 2.75) is 31.6 Å². The van der Waals surface area contributed by atoms with Gasteiger partial charge in [0.2, 0.25) is 0 Å². The highest BCUT2D eigenvalue weighted by Gasteiger charge is 2.27. The molecule has 2 rings (SSSR count). The summed E-state index contributed by atoms with van der Waals surface area (Å²) in [6.45, 7) is 0.904. The number of ether oxygens (including phenoxy) is 1. The summed E-state index contributed by atoms with van der Waals surface area (Å²) in [5.41, 5.74) is 0. The van der Waals surface area contributed by atoms with E-state index in [0.29, 0.717) is 18.8 Å². The molecule has 16 heavy (non-hydrogen) atoms. The van der Waals surface area contributed by atoms with Crippen molar-refractivity contribution < 1.29 is 14.6 Å². The van der Waals surface area contributed by atoms with Crippen molar-refractivity contribution in [3.05, 3.63) is 5.82 Å². The maximum Gasteiger partial charge on any atom is 0.320 e. The van der Waals surface area contributed by atoms with Gasteiger partial charge < -0.3 is 15.2 Å². The number of hydrogen-bond donors (Lipinski definition) is 3. The predicted octanol–water partition coefficient (Wildman–Crippen LogP) is -1.08. The molecular formula is C8H13N5O3. The molecule has 0 radical (unpaired) electrons. The minimum Gasteiger partial charge on any atom is -0.480 e. The molecule has 0 saturated carbocycles. The van der Waals surface area contributed by atoms with Crippen molar-refractivity contribution in [2.75, 3.05) is 6.54 Å². The summed E-state index contributed by atoms with van der Waals surface area (Å²) in [6, 6.07) is -0.524. The Morgan fingerprint density at radius 2 is 2.50 bits per heavy atom. The fraction of sp³-hybridized carbons (Fsp3) is 0.750. The summed E-state index contributed by atoms with van der Waals surface area (Å²) in [6.07, 6.45) is 1.19. The Kier molecular flexibility index (Phi) is 3.42. The van der Waals surface area contributed by atoms with Crippen LogP contribution in [0.5, 0.6) is 0 Å². The maximum atomic E-state index is 10.8. The Morgan fingerprint density at radius 3 is 3.19 bits per heavy atom. The minimum absolute atomic E-state index is 0.0687. The van der Waals surface area contributed by atoms with Gasteiger partial charge in [0.05, 0.1) is 6.10 Å². The molecule has 1 aromatic rings. The van der Waals surface area contributed by atoms with Gasteiger partial charge in [0.15, 0.2) is 5.82 Å². The van der Waals surface area contributed by atoms with Crippen LogP contribution in [-0.4, -0.2) is 50.4 Å². The molecule has 1 aliphatic rings. The summed E-state index contributed by atoms with van der Waals surface area (Å²) in [7, 11) is 0. The molecule has 0 aliphatic carbocycles. The summed E-state index contributed by atoms with van der Waals surface area (Å²) in [5.74, 6) is -0.363. The monoisotopic (exact) mass is 227 g/mol. The lowest BCUT2D eigenvalue weighted by atomic mass is 10.0. The van der Waals surface area contributed by atoms with Crippen molar-refractivity contribution in [1.82, 2.24) is 25.9 Å². The van der Waals surface area contributed by atoms with Crippen LogP contribution in [0.4, 0.5) is 0 Å². The molecule has 1 aliphatic heterocycles. The number of aliphatic carboxylic acids is 1. The number of hydrogen-bond acceptors (Lipinski definition) is 6. The second kappa shape index (κ2) is 4.99. The van der Waals surface area contributed by atoms with Crippen LogP contribution in [0, 0.1) is 0 Å². The Balaban J connectivity index is 1.79. The Bertz CT molecular complexity index is 341. The molecule has 0 amide bonds. The van der Waals surface area contributed by atoms with Crippen LogP contribution in [-0.2, 0) is 16.1 Å². The van der Waals surface area contributed by atoms with E-state index >= 15 is 0 Å². The van der Waals surface area contributed by atoms with Gasteiger partial charge in [0, 0.05) is 0 Å². The first kappa shape index (κ1) is 11.0. The average Bonchev–Trinajstić information content (AvgIpc) is 2.79. The topological polar surface area (TPSA) is 113 Å². The summed E-state index contributed by atoms with van der Waals surface area (Å²) >= 11 is 0. The van der Waals surface area contributed by atoms with Gasteiger partial charge in [0.25, 0.3) is 0 Å². The molecule has 88 valence electrons. The van der Waals surface area contributed by atoms with Gasteiger partial charge in [-0.25, -0.2) is 0 Å². The van der Waals surface area contributed by atoms with E-state index < -0.39 is 12.0 Å². The summed E-state index contributed by atoms with van der Waals surface area (Å²) < 4.78 is 5.52. The number of H-pyrrole nitrogens is 1. The molecule has 1 aromatic heterocycles. The van der Waals surface area contributed by atoms with Gasteiger partial charge in [-0.05, 0) is 19.4 Å². The minimum atomic E-state index is -0.840. The Labute approximate surface area is 91.4 Å². The number of nitrogens with one attached hydrogen (secondary N) is 2. The molecule has 3 N–H and O–H groups in total. The van der Waals surface area contributed by atoms with E-state index in [1.807, 2.05) is 0 Å². The summed E-state index contributed by atoms with van der Waals surface area (Å²) in [4.78, 5) is 10.8. The smallest absolute Gasteiger partial charge is 0.320 e. The first-order valence-corrected chi connectivity index (χ1v) is 5.06. The van der Waals surface area contributed by atoms with Gasteiger partial charge >= 0.3 is 5.97 Å². The lowest BCUT2D eigenvalue weighted by Crippen LogP contribution is -2.45. The third-order valence-corrected chi connectivity index (χ3v) is 2.49. The van der Waals surface area contributed by atoms with E-state index in [0.717, 1.165) is 6.42 Å². The quantitative estimate of drug-likeness (QED) is 0.599. The van der Waals surface area contributed by atoms with Crippen LogP contribution in [0.15, 0.2) is 0 Å². The van der Waals surface area contributed by atoms with Crippen LogP contribution in [0.1, 0.15) is 18.7 Å². The first-order valence-electron chi connectivity index (χ1n) is 5.06. The molecule has 2 heterocycles. The van der Waals surface area contributed by atoms with Gasteiger partial charge in [-0.3, -0.25) is 4.79 Å². The van der Waals surface area contributed by atoms with E-state index in [1.54, 1.807) is 0 Å². The molecule has 0 aromatic carbocycles. The largest absolute Gasteiger partial charge is 0.480 e. The van der Waals surface area contributed by atoms with Gasteiger partial charge in [-0.2, -0.15) is 5.21 Å². The molecule has 1 fully saturated rings. The number of aromatic nitrogens is 4. The zero-order valence-corrected chi connectivity index (χ0v) is 8.59. The molecule has 0 unspecified atom stereocenters. The fourth-order valence-corrected chi connectivity index (χ4v) is 1.66. The molecule has 8 nitrogen and oxygen atoms in total. The van der Waals surface area contributed by atoms with Gasteiger partial charge in [0.1, 0.15) is 12.6 Å². The van der Waals surface area contributed by atoms with Gasteiger partial charge in [-0.15, -0.1) is 10.2 Å². The first-order chi connectivity index (χ1) is 7.75. The SMILES string of the molecule is O=C(O)[C@H]1C[C@@H](OCc2nn[nH]n2)CCN1. The number of aromatic amines is 1. The number of piperidine rings is 1. The highest BCUT2D eigenvalue weighted by molar-refractivity contribution is 5.73. The van der Waals surface area contributed by atoms with Crippen LogP contribution < -0.4 is 5.32 Å². The van der Waals surface area contributed by atoms with E-state index in [1.165, 1.54) is 0 Å². The molecule has 1 saturated heterocycles. The van der Waals surface area contributed by atoms with Gasteiger partial charge in [-0.1, -0.05) is 5.21 Å². The third-order valence-electron chi connectivity index (χ3n) is 2.49. The fourth-order valence-electron chi connectivity index (χ4n) is 1.66. The Hall–Kier alpha value is -1.54. The average molecular weight is 227 g/mol. The standard InChI is InChI=1S/C8H13N5O3/c14-8(15)6-3-5(1-2-9-6)16-4-7-10-12-13-11-7/h5-6,9H,1-4H2,(H,14,15)(H,10,11,12,13)/t5-,6+/m0/s1. The number of nitrogens with zero attached hydrogens (tertiary/aromatic N) is 3. The number of tetrazole rings is 1. The molecule has 0 spiro atoms. The number of carboxylic acid groups (broad SMARTS) is 1. The molecule has 0 bridgehead atoms. The van der Waals surface area contributed by atoms with E-state index in [-0.39, 0.29) is 12.7 Å². The predicted molar refractivity (Wildman–Crippen MR) is 51.4 cm³/mol. The summed E-state index contributed by atoms with van der Waals surface area (Å²) in [5, 5.41) is 25.0. The number of carboxylic acids is 1. The third kappa shape index (κ3) is 2.74. The molecule has 2 atom stereocenters. The number of carbonyl (C=O) groups is 1. The zero-order chi connectivity index (χ0) is 11.4. The normalized spacial score (nSPS) is 25.5. The number of rotatable bonds is 4. The lowest BCUT2D eigenvalue weighted by Gasteiger charge is -2.27. The molecular weight excluding hydrogens is 214 g/mol. The van der Waals surface area contributed by atoms with Crippen LogP contribution >= 0.6 is 0 Å². The van der Waals surface area contributed by atoms with Crippen LogP contribution in [0.2, 0.25) is 0 Å². The van der Waals surface area contributed by atoms with Crippen LogP contribution in [0.25, 0.3) is 0 Å². The van der Waals surface area contributed by atoms with Crippen molar-refractivity contribution in [3.63, 3.8) is 0 Å². The van der Waals surface area contributed by atoms with E-state index in [4.69, 9.17) is 9.84 Å². The lowest BCUT2D eigenvalue weighted by molar-refractivity contribution is -0.141. The van der Waals surface area contributed by atoms with E-state index in [2.05, 4.69) is 25.9 Å². The van der Waals surface area contributed by atoms with Crippen molar-refractivity contribution in [2.24, 2.45) is 0 Å². The van der Waals surface area contributed by atoms with Crippen LogP contribution in [0.3, 0.4) is 0 Å².